The quantitative estimate of drug-likeness (QED) is 0.842. The predicted molar refractivity (Wildman–Crippen MR) is 65.9 cm³/mol. The molecule has 0 radical (unpaired) electrons. The SMILES string of the molecule is CCOC(=O)c1cnn(-c2ccc(O)cc2C)c1. The normalized spacial score (nSPS) is 10.3. The van der Waals surface area contributed by atoms with Crippen LogP contribution in [0.1, 0.15) is 22.8 Å². The molecule has 0 amide bonds. The Labute approximate surface area is 105 Å². The minimum Gasteiger partial charge on any atom is -0.508 e. The lowest BCUT2D eigenvalue weighted by atomic mass is 10.2. The van der Waals surface area contributed by atoms with Crippen molar-refractivity contribution >= 4 is 5.97 Å². The van der Waals surface area contributed by atoms with Crippen LogP contribution in [0.3, 0.4) is 0 Å². The van der Waals surface area contributed by atoms with E-state index in [4.69, 9.17) is 4.74 Å². The third kappa shape index (κ3) is 2.34. The number of esters is 1. The number of benzene rings is 1. The van der Waals surface area contributed by atoms with Crippen LogP contribution in [0.2, 0.25) is 0 Å². The number of ether oxygens (including phenoxy) is 1. The number of carbonyl (C=O) groups is 1. The number of aromatic hydroxyl groups is 1. The van der Waals surface area contributed by atoms with Crippen LogP contribution in [-0.2, 0) is 4.74 Å². The van der Waals surface area contributed by atoms with Crippen molar-refractivity contribution in [1.82, 2.24) is 9.78 Å². The van der Waals surface area contributed by atoms with Crippen LogP contribution in [0, 0.1) is 6.92 Å². The molecule has 0 unspecified atom stereocenters. The molecule has 1 N–H and O–H groups in total. The number of rotatable bonds is 3. The van der Waals surface area contributed by atoms with E-state index in [1.54, 1.807) is 36.0 Å². The van der Waals surface area contributed by atoms with Crippen molar-refractivity contribution in [3.8, 4) is 11.4 Å². The molecule has 0 saturated carbocycles. The van der Waals surface area contributed by atoms with Gasteiger partial charge in [0.05, 0.1) is 24.1 Å². The van der Waals surface area contributed by atoms with Crippen molar-refractivity contribution in [3.05, 3.63) is 41.7 Å². The summed E-state index contributed by atoms with van der Waals surface area (Å²) in [6.45, 7) is 3.95. The molecule has 5 nitrogen and oxygen atoms in total. The van der Waals surface area contributed by atoms with Crippen LogP contribution >= 0.6 is 0 Å². The highest BCUT2D eigenvalue weighted by Gasteiger charge is 2.11. The molecule has 2 aromatic rings. The molecular weight excluding hydrogens is 232 g/mol. The maximum Gasteiger partial charge on any atom is 0.341 e. The molecule has 0 fully saturated rings. The van der Waals surface area contributed by atoms with E-state index in [9.17, 15) is 9.90 Å². The maximum absolute atomic E-state index is 11.5. The summed E-state index contributed by atoms with van der Waals surface area (Å²) in [6.07, 6.45) is 3.07. The average Bonchev–Trinajstić information content (AvgIpc) is 2.78. The van der Waals surface area contributed by atoms with Gasteiger partial charge in [-0.15, -0.1) is 0 Å². The lowest BCUT2D eigenvalue weighted by molar-refractivity contribution is 0.0526. The summed E-state index contributed by atoms with van der Waals surface area (Å²) >= 11 is 0. The third-order valence-corrected chi connectivity index (χ3v) is 2.52. The first kappa shape index (κ1) is 12.2. The van der Waals surface area contributed by atoms with Gasteiger partial charge in [0.1, 0.15) is 5.75 Å². The fourth-order valence-electron chi connectivity index (χ4n) is 1.67. The molecule has 0 aliphatic rings. The predicted octanol–water partition coefficient (Wildman–Crippen LogP) is 2.06. The first-order chi connectivity index (χ1) is 8.61. The molecule has 0 saturated heterocycles. The topological polar surface area (TPSA) is 64.3 Å². The Bertz CT molecular complexity index is 575. The molecule has 0 bridgehead atoms. The number of nitrogens with zero attached hydrogens (tertiary/aromatic N) is 2. The summed E-state index contributed by atoms with van der Waals surface area (Å²) in [4.78, 5) is 11.5. The molecule has 1 heterocycles. The van der Waals surface area contributed by atoms with Crippen LogP contribution < -0.4 is 0 Å². The molecule has 0 aliphatic heterocycles. The molecule has 0 spiro atoms. The van der Waals surface area contributed by atoms with Gasteiger partial charge in [-0.25, -0.2) is 9.48 Å². The van der Waals surface area contributed by atoms with Crippen LogP contribution in [0.25, 0.3) is 5.69 Å². The maximum atomic E-state index is 11.5. The second kappa shape index (κ2) is 4.91. The lowest BCUT2D eigenvalue weighted by Gasteiger charge is -2.05. The van der Waals surface area contributed by atoms with Gasteiger partial charge in [-0.1, -0.05) is 0 Å². The largest absolute Gasteiger partial charge is 0.508 e. The highest BCUT2D eigenvalue weighted by atomic mass is 16.5. The number of hydrogen-bond donors (Lipinski definition) is 1. The summed E-state index contributed by atoms with van der Waals surface area (Å²) in [7, 11) is 0. The highest BCUT2D eigenvalue weighted by molar-refractivity contribution is 5.88. The van der Waals surface area contributed by atoms with E-state index in [0.29, 0.717) is 12.2 Å². The van der Waals surface area contributed by atoms with E-state index < -0.39 is 0 Å². The fraction of sp³-hybridized carbons (Fsp3) is 0.231. The van der Waals surface area contributed by atoms with Gasteiger partial charge in [-0.3, -0.25) is 0 Å². The monoisotopic (exact) mass is 246 g/mol. The number of carbonyl (C=O) groups excluding carboxylic acids is 1. The van der Waals surface area contributed by atoms with Crippen LogP contribution in [-0.4, -0.2) is 27.5 Å². The number of phenols is 1. The number of phenolic OH excluding ortho intramolecular Hbond substituents is 1. The van der Waals surface area contributed by atoms with Gasteiger partial charge in [0.15, 0.2) is 0 Å². The Morgan fingerprint density at radius 1 is 1.50 bits per heavy atom. The third-order valence-electron chi connectivity index (χ3n) is 2.52. The standard InChI is InChI=1S/C13H14N2O3/c1-3-18-13(17)10-7-14-15(8-10)12-5-4-11(16)6-9(12)2/h4-8,16H,3H2,1-2H3. The average molecular weight is 246 g/mol. The Morgan fingerprint density at radius 3 is 2.94 bits per heavy atom. The molecule has 1 aromatic carbocycles. The van der Waals surface area contributed by atoms with Crippen molar-refractivity contribution in [2.45, 2.75) is 13.8 Å². The molecule has 0 aliphatic carbocycles. The number of aromatic nitrogens is 2. The smallest absolute Gasteiger partial charge is 0.341 e. The van der Waals surface area contributed by atoms with Crippen molar-refractivity contribution in [1.29, 1.82) is 0 Å². The van der Waals surface area contributed by atoms with Gasteiger partial charge in [0.2, 0.25) is 0 Å². The first-order valence-corrected chi connectivity index (χ1v) is 5.63. The Kier molecular flexibility index (Phi) is 3.32. The Balaban J connectivity index is 2.32. The summed E-state index contributed by atoms with van der Waals surface area (Å²) < 4.78 is 6.48. The molecule has 94 valence electrons. The van der Waals surface area contributed by atoms with Crippen molar-refractivity contribution in [3.63, 3.8) is 0 Å². The second-order valence-corrected chi connectivity index (χ2v) is 3.86. The van der Waals surface area contributed by atoms with Crippen LogP contribution in [0.5, 0.6) is 5.75 Å². The van der Waals surface area contributed by atoms with Gasteiger partial charge >= 0.3 is 5.97 Å². The van der Waals surface area contributed by atoms with Gasteiger partial charge in [-0.05, 0) is 37.6 Å². The van der Waals surface area contributed by atoms with E-state index in [-0.39, 0.29) is 11.7 Å². The molecule has 5 heteroatoms. The highest BCUT2D eigenvalue weighted by Crippen LogP contribution is 2.19. The minimum atomic E-state index is -0.389. The fourth-order valence-corrected chi connectivity index (χ4v) is 1.67. The first-order valence-electron chi connectivity index (χ1n) is 5.63. The van der Waals surface area contributed by atoms with Gasteiger partial charge in [0, 0.05) is 6.20 Å². The summed E-state index contributed by atoms with van der Waals surface area (Å²) in [5.41, 5.74) is 2.08. The van der Waals surface area contributed by atoms with E-state index >= 15 is 0 Å². The van der Waals surface area contributed by atoms with Crippen LogP contribution in [0.15, 0.2) is 30.6 Å². The van der Waals surface area contributed by atoms with E-state index in [1.807, 2.05) is 6.92 Å². The lowest BCUT2D eigenvalue weighted by Crippen LogP contribution is -2.03. The van der Waals surface area contributed by atoms with E-state index in [0.717, 1.165) is 11.3 Å². The summed E-state index contributed by atoms with van der Waals surface area (Å²) in [5, 5.41) is 13.5. The zero-order valence-corrected chi connectivity index (χ0v) is 10.3. The van der Waals surface area contributed by atoms with Gasteiger partial charge in [-0.2, -0.15) is 5.10 Å². The summed E-state index contributed by atoms with van der Waals surface area (Å²) in [6, 6.07) is 4.96. The number of aryl methyl sites for hydroxylation is 1. The van der Waals surface area contributed by atoms with Gasteiger partial charge < -0.3 is 9.84 Å². The Hall–Kier alpha value is -2.30. The van der Waals surface area contributed by atoms with Crippen molar-refractivity contribution in [2.24, 2.45) is 0 Å². The minimum absolute atomic E-state index is 0.203. The van der Waals surface area contributed by atoms with E-state index in [2.05, 4.69) is 5.10 Å². The Morgan fingerprint density at radius 2 is 2.28 bits per heavy atom. The van der Waals surface area contributed by atoms with E-state index in [1.165, 1.54) is 6.20 Å². The zero-order chi connectivity index (χ0) is 13.1. The second-order valence-electron chi connectivity index (χ2n) is 3.86. The van der Waals surface area contributed by atoms with Crippen LogP contribution in [0.4, 0.5) is 0 Å². The molecule has 18 heavy (non-hydrogen) atoms. The molecule has 1 aromatic heterocycles. The zero-order valence-electron chi connectivity index (χ0n) is 10.3. The van der Waals surface area contributed by atoms with Gasteiger partial charge in [0.25, 0.3) is 0 Å². The molecular formula is C13H14N2O3. The van der Waals surface area contributed by atoms with Crippen molar-refractivity contribution < 1.29 is 14.6 Å². The summed E-state index contributed by atoms with van der Waals surface area (Å²) in [5.74, 6) is -0.186. The van der Waals surface area contributed by atoms with Crippen molar-refractivity contribution in [2.75, 3.05) is 6.61 Å². The molecule has 2 rings (SSSR count). The molecule has 0 atom stereocenters. The number of hydrogen-bond acceptors (Lipinski definition) is 4.